The van der Waals surface area contributed by atoms with Crippen molar-refractivity contribution in [1.29, 1.82) is 0 Å². The summed E-state index contributed by atoms with van der Waals surface area (Å²) in [7, 11) is 0. The Kier molecular flexibility index (Phi) is 3.33. The van der Waals surface area contributed by atoms with E-state index in [0.29, 0.717) is 0 Å². The zero-order chi connectivity index (χ0) is 13.1. The topological polar surface area (TPSA) is 59.6 Å². The van der Waals surface area contributed by atoms with E-state index in [4.69, 9.17) is 5.73 Å². The maximum absolute atomic E-state index is 5.61. The van der Waals surface area contributed by atoms with Crippen molar-refractivity contribution in [3.8, 4) is 0 Å². The van der Waals surface area contributed by atoms with E-state index in [9.17, 15) is 0 Å². The summed E-state index contributed by atoms with van der Waals surface area (Å²) < 4.78 is 2.29. The number of hydrogen-bond acceptors (Lipinski definition) is 2. The minimum Gasteiger partial charge on any atom is -0.348 e. The standard InChI is InChI=1S/C15H18N4/c16-6-3-9-19-11-12(10-15-17-7-8-18-15)13-4-1-2-5-14(13)19/h1-2,4-5,7-8,11H,3,6,9-10,16H2,(H,17,18). The number of nitrogens with zero attached hydrogens (tertiary/aromatic N) is 2. The number of rotatable bonds is 5. The van der Waals surface area contributed by atoms with E-state index >= 15 is 0 Å². The van der Waals surface area contributed by atoms with Gasteiger partial charge in [0.25, 0.3) is 0 Å². The molecule has 0 fully saturated rings. The molecular formula is C15H18N4. The Morgan fingerprint density at radius 1 is 1.26 bits per heavy atom. The molecule has 0 saturated heterocycles. The van der Waals surface area contributed by atoms with Gasteiger partial charge in [0.2, 0.25) is 0 Å². The van der Waals surface area contributed by atoms with E-state index in [1.807, 2.05) is 6.20 Å². The fraction of sp³-hybridized carbons (Fsp3) is 0.267. The molecule has 3 rings (SSSR count). The second kappa shape index (κ2) is 5.28. The lowest BCUT2D eigenvalue weighted by molar-refractivity contribution is 0.669. The fourth-order valence-corrected chi connectivity index (χ4v) is 2.49. The lowest BCUT2D eigenvalue weighted by Gasteiger charge is -2.02. The third-order valence-corrected chi connectivity index (χ3v) is 3.39. The van der Waals surface area contributed by atoms with Gasteiger partial charge in [-0.2, -0.15) is 0 Å². The summed E-state index contributed by atoms with van der Waals surface area (Å²) in [6, 6.07) is 8.50. The van der Waals surface area contributed by atoms with Gasteiger partial charge in [-0.25, -0.2) is 4.98 Å². The normalized spacial score (nSPS) is 11.2. The number of aromatic nitrogens is 3. The highest BCUT2D eigenvalue weighted by atomic mass is 15.0. The number of nitrogens with two attached hydrogens (primary N) is 1. The Labute approximate surface area is 112 Å². The molecule has 2 aromatic heterocycles. The van der Waals surface area contributed by atoms with Gasteiger partial charge in [0.1, 0.15) is 5.82 Å². The molecule has 0 amide bonds. The highest BCUT2D eigenvalue weighted by molar-refractivity contribution is 5.84. The van der Waals surface area contributed by atoms with Crippen molar-refractivity contribution in [2.24, 2.45) is 5.73 Å². The summed E-state index contributed by atoms with van der Waals surface area (Å²) in [4.78, 5) is 7.47. The predicted molar refractivity (Wildman–Crippen MR) is 77.0 cm³/mol. The number of hydrogen-bond donors (Lipinski definition) is 2. The van der Waals surface area contributed by atoms with Crippen LogP contribution in [-0.2, 0) is 13.0 Å². The van der Waals surface area contributed by atoms with Crippen LogP contribution in [0.2, 0.25) is 0 Å². The first-order valence-electron chi connectivity index (χ1n) is 6.63. The number of aryl methyl sites for hydroxylation is 1. The summed E-state index contributed by atoms with van der Waals surface area (Å²) in [5, 5.41) is 1.30. The Bertz CT molecular complexity index is 652. The van der Waals surface area contributed by atoms with Crippen LogP contribution in [0.5, 0.6) is 0 Å². The van der Waals surface area contributed by atoms with Crippen LogP contribution < -0.4 is 5.73 Å². The van der Waals surface area contributed by atoms with Crippen molar-refractivity contribution in [2.75, 3.05) is 6.54 Å². The van der Waals surface area contributed by atoms with Gasteiger partial charge in [0.05, 0.1) is 0 Å². The summed E-state index contributed by atoms with van der Waals surface area (Å²) >= 11 is 0. The van der Waals surface area contributed by atoms with Crippen molar-refractivity contribution in [3.05, 3.63) is 54.2 Å². The molecule has 19 heavy (non-hydrogen) atoms. The maximum atomic E-state index is 5.61. The van der Waals surface area contributed by atoms with Crippen LogP contribution in [0, 0.1) is 0 Å². The van der Waals surface area contributed by atoms with Gasteiger partial charge in [0.15, 0.2) is 0 Å². The van der Waals surface area contributed by atoms with E-state index in [2.05, 4.69) is 45.0 Å². The van der Waals surface area contributed by atoms with Gasteiger partial charge >= 0.3 is 0 Å². The molecule has 4 heteroatoms. The minimum absolute atomic E-state index is 0.722. The molecule has 0 aliphatic rings. The van der Waals surface area contributed by atoms with Crippen LogP contribution in [-0.4, -0.2) is 21.1 Å². The van der Waals surface area contributed by atoms with Crippen molar-refractivity contribution >= 4 is 10.9 Å². The first-order chi connectivity index (χ1) is 9.38. The first-order valence-corrected chi connectivity index (χ1v) is 6.63. The fourth-order valence-electron chi connectivity index (χ4n) is 2.49. The second-order valence-corrected chi connectivity index (χ2v) is 4.72. The summed E-state index contributed by atoms with van der Waals surface area (Å²) in [6.07, 6.45) is 7.72. The quantitative estimate of drug-likeness (QED) is 0.734. The Balaban J connectivity index is 1.99. The Morgan fingerprint density at radius 2 is 2.16 bits per heavy atom. The number of nitrogens with one attached hydrogen (secondary N) is 1. The van der Waals surface area contributed by atoms with Crippen molar-refractivity contribution in [3.63, 3.8) is 0 Å². The van der Waals surface area contributed by atoms with Crippen molar-refractivity contribution in [2.45, 2.75) is 19.4 Å². The van der Waals surface area contributed by atoms with E-state index in [1.165, 1.54) is 16.5 Å². The maximum Gasteiger partial charge on any atom is 0.110 e. The Morgan fingerprint density at radius 3 is 2.95 bits per heavy atom. The molecule has 1 aromatic carbocycles. The molecule has 0 atom stereocenters. The van der Waals surface area contributed by atoms with Crippen LogP contribution in [0.25, 0.3) is 10.9 Å². The third-order valence-electron chi connectivity index (χ3n) is 3.39. The SMILES string of the molecule is NCCCn1cc(Cc2ncc[nH]2)c2ccccc21. The number of benzene rings is 1. The number of H-pyrrole nitrogens is 1. The van der Waals surface area contributed by atoms with Gasteiger partial charge in [-0.15, -0.1) is 0 Å². The predicted octanol–water partition coefficient (Wildman–Crippen LogP) is 2.30. The molecule has 98 valence electrons. The monoisotopic (exact) mass is 254 g/mol. The van der Waals surface area contributed by atoms with E-state index in [1.54, 1.807) is 6.20 Å². The Hall–Kier alpha value is -2.07. The highest BCUT2D eigenvalue weighted by Crippen LogP contribution is 2.23. The van der Waals surface area contributed by atoms with Crippen LogP contribution in [0.4, 0.5) is 0 Å². The summed E-state index contributed by atoms with van der Waals surface area (Å²) in [5.41, 5.74) is 8.19. The average Bonchev–Trinajstić information content (AvgIpc) is 3.06. The smallest absolute Gasteiger partial charge is 0.110 e. The van der Waals surface area contributed by atoms with Crippen molar-refractivity contribution in [1.82, 2.24) is 14.5 Å². The first kappa shape index (κ1) is 12.0. The number of imidazole rings is 1. The van der Waals surface area contributed by atoms with E-state index < -0.39 is 0 Å². The third kappa shape index (κ3) is 2.39. The highest BCUT2D eigenvalue weighted by Gasteiger charge is 2.09. The largest absolute Gasteiger partial charge is 0.348 e. The van der Waals surface area contributed by atoms with Crippen LogP contribution in [0.3, 0.4) is 0 Å². The number of aromatic amines is 1. The average molecular weight is 254 g/mol. The zero-order valence-corrected chi connectivity index (χ0v) is 10.8. The lowest BCUT2D eigenvalue weighted by Crippen LogP contribution is -2.04. The molecule has 0 bridgehead atoms. The minimum atomic E-state index is 0.722. The van der Waals surface area contributed by atoms with Gasteiger partial charge in [-0.05, 0) is 24.6 Å². The molecule has 0 unspecified atom stereocenters. The van der Waals surface area contributed by atoms with Crippen LogP contribution in [0.15, 0.2) is 42.9 Å². The van der Waals surface area contributed by atoms with E-state index in [0.717, 1.165) is 31.8 Å². The van der Waals surface area contributed by atoms with E-state index in [-0.39, 0.29) is 0 Å². The molecule has 3 aromatic rings. The zero-order valence-electron chi connectivity index (χ0n) is 10.8. The molecule has 0 saturated carbocycles. The second-order valence-electron chi connectivity index (χ2n) is 4.72. The van der Waals surface area contributed by atoms with Crippen LogP contribution >= 0.6 is 0 Å². The van der Waals surface area contributed by atoms with Gasteiger partial charge in [-0.1, -0.05) is 18.2 Å². The molecule has 2 heterocycles. The van der Waals surface area contributed by atoms with Crippen molar-refractivity contribution < 1.29 is 0 Å². The van der Waals surface area contributed by atoms with Crippen LogP contribution in [0.1, 0.15) is 17.8 Å². The van der Waals surface area contributed by atoms with Gasteiger partial charge in [-0.3, -0.25) is 0 Å². The summed E-state index contributed by atoms with van der Waals surface area (Å²) in [6.45, 7) is 1.69. The molecule has 0 aliphatic carbocycles. The van der Waals surface area contributed by atoms with Gasteiger partial charge < -0.3 is 15.3 Å². The van der Waals surface area contributed by atoms with Gasteiger partial charge in [0, 0.05) is 42.5 Å². The molecule has 3 N–H and O–H groups in total. The summed E-state index contributed by atoms with van der Waals surface area (Å²) in [5.74, 6) is 1.00. The molecule has 0 radical (unpaired) electrons. The number of para-hydroxylation sites is 1. The molecule has 0 spiro atoms. The molecule has 4 nitrogen and oxygen atoms in total. The molecular weight excluding hydrogens is 236 g/mol. The number of fused-ring (bicyclic) bond motifs is 1. The molecule has 0 aliphatic heterocycles. The lowest BCUT2D eigenvalue weighted by atomic mass is 10.1.